The maximum absolute atomic E-state index is 12.9. The summed E-state index contributed by atoms with van der Waals surface area (Å²) in [6.07, 6.45) is -3.25. The van der Waals surface area contributed by atoms with E-state index in [-0.39, 0.29) is 11.3 Å². The topological polar surface area (TPSA) is 65.4 Å². The number of carbonyl (C=O) groups excluding carboxylic acids is 1. The van der Waals surface area contributed by atoms with E-state index < -0.39 is 17.6 Å². The Kier molecular flexibility index (Phi) is 5.24. The molecule has 1 saturated heterocycles. The van der Waals surface area contributed by atoms with Gasteiger partial charge in [-0.3, -0.25) is 4.79 Å². The Morgan fingerprint density at radius 3 is 2.57 bits per heavy atom. The number of alkyl halides is 3. The molecule has 0 aliphatic carbocycles. The van der Waals surface area contributed by atoms with Crippen molar-refractivity contribution in [1.82, 2.24) is 4.90 Å². The molecule has 0 spiro atoms. The Morgan fingerprint density at radius 2 is 1.96 bits per heavy atom. The average molecular weight is 325 g/mol. The third kappa shape index (κ3) is 4.47. The highest BCUT2D eigenvalue weighted by Crippen LogP contribution is 2.34. The van der Waals surface area contributed by atoms with Gasteiger partial charge in [0.2, 0.25) is 0 Å². The number of ether oxygens (including phenoxy) is 1. The van der Waals surface area contributed by atoms with Crippen LogP contribution in [0.2, 0.25) is 0 Å². The predicted molar refractivity (Wildman–Crippen MR) is 76.2 cm³/mol. The number of rotatable bonds is 3. The van der Waals surface area contributed by atoms with Crippen LogP contribution in [0.25, 0.3) is 0 Å². The summed E-state index contributed by atoms with van der Waals surface area (Å²) >= 11 is 0. The summed E-state index contributed by atoms with van der Waals surface area (Å²) in [4.78, 5) is 13.8. The number of benzene rings is 1. The highest BCUT2D eigenvalue weighted by atomic mass is 19.4. The van der Waals surface area contributed by atoms with Gasteiger partial charge in [-0.1, -0.05) is 12.1 Å². The highest BCUT2D eigenvalue weighted by molar-refractivity contribution is 6.06. The average Bonchev–Trinajstić information content (AvgIpc) is 2.53. The number of nitrogens with one attached hydrogen (secondary N) is 1. The lowest BCUT2D eigenvalue weighted by atomic mass is 10.1. The third-order valence-electron chi connectivity index (χ3n) is 3.20. The molecule has 2 rings (SSSR count). The van der Waals surface area contributed by atoms with E-state index >= 15 is 0 Å². The summed E-state index contributed by atoms with van der Waals surface area (Å²) in [5.41, 5.74) is -1.60. The van der Waals surface area contributed by atoms with Crippen molar-refractivity contribution in [3.63, 3.8) is 0 Å². The molecule has 1 aliphatic heterocycles. The maximum atomic E-state index is 12.9. The maximum Gasteiger partial charge on any atom is 0.418 e. The van der Waals surface area contributed by atoms with Crippen molar-refractivity contribution in [3.8, 4) is 6.07 Å². The van der Waals surface area contributed by atoms with E-state index in [4.69, 9.17) is 10.00 Å². The van der Waals surface area contributed by atoms with Crippen LogP contribution in [-0.2, 0) is 15.7 Å². The zero-order chi connectivity index (χ0) is 16.9. The first-order chi connectivity index (χ1) is 10.9. The Labute approximate surface area is 130 Å². The Bertz CT molecular complexity index is 644. The minimum Gasteiger partial charge on any atom is -0.378 e. The molecule has 1 N–H and O–H groups in total. The molecule has 23 heavy (non-hydrogen) atoms. The standard InChI is InChI=1S/C15H14F3N3O2/c16-15(17,18)12-3-1-2-4-13(12)20-14(22)11(9-19)10-21-5-7-23-8-6-21/h1-4,10H,5-8H2,(H,20,22)/b11-10-. The first-order valence-corrected chi connectivity index (χ1v) is 6.83. The summed E-state index contributed by atoms with van der Waals surface area (Å²) in [5.74, 6) is -0.879. The number of amides is 1. The van der Waals surface area contributed by atoms with Crippen molar-refractivity contribution in [2.75, 3.05) is 31.6 Å². The summed E-state index contributed by atoms with van der Waals surface area (Å²) in [6.45, 7) is 1.96. The molecule has 1 fully saturated rings. The number of nitriles is 1. The van der Waals surface area contributed by atoms with Crippen molar-refractivity contribution < 1.29 is 22.7 Å². The second-order valence-electron chi connectivity index (χ2n) is 4.80. The van der Waals surface area contributed by atoms with Gasteiger partial charge in [-0.15, -0.1) is 0 Å². The van der Waals surface area contributed by atoms with Crippen molar-refractivity contribution in [1.29, 1.82) is 5.26 Å². The molecule has 1 amide bonds. The first kappa shape index (κ1) is 16.8. The quantitative estimate of drug-likeness (QED) is 0.684. The van der Waals surface area contributed by atoms with Crippen LogP contribution in [0.4, 0.5) is 18.9 Å². The molecular formula is C15H14F3N3O2. The molecule has 0 atom stereocenters. The normalized spacial score (nSPS) is 15.9. The lowest BCUT2D eigenvalue weighted by Gasteiger charge is -2.25. The van der Waals surface area contributed by atoms with E-state index in [2.05, 4.69) is 5.32 Å². The minimum atomic E-state index is -4.59. The van der Waals surface area contributed by atoms with Crippen LogP contribution in [-0.4, -0.2) is 37.1 Å². The Morgan fingerprint density at radius 1 is 1.30 bits per heavy atom. The summed E-state index contributed by atoms with van der Waals surface area (Å²) in [6, 6.07) is 6.33. The van der Waals surface area contributed by atoms with Crippen LogP contribution in [0.15, 0.2) is 36.0 Å². The fraction of sp³-hybridized carbons (Fsp3) is 0.333. The molecule has 1 aliphatic rings. The van der Waals surface area contributed by atoms with Crippen molar-refractivity contribution >= 4 is 11.6 Å². The van der Waals surface area contributed by atoms with Crippen molar-refractivity contribution in [2.24, 2.45) is 0 Å². The van der Waals surface area contributed by atoms with Gasteiger partial charge in [0.05, 0.1) is 24.5 Å². The van der Waals surface area contributed by atoms with Gasteiger partial charge in [0, 0.05) is 19.3 Å². The fourth-order valence-corrected chi connectivity index (χ4v) is 2.06. The zero-order valence-electron chi connectivity index (χ0n) is 12.1. The van der Waals surface area contributed by atoms with Gasteiger partial charge in [0.1, 0.15) is 11.6 Å². The summed E-state index contributed by atoms with van der Waals surface area (Å²) < 4.78 is 43.8. The van der Waals surface area contributed by atoms with Crippen LogP contribution < -0.4 is 5.32 Å². The number of hydrogen-bond donors (Lipinski definition) is 1. The molecule has 8 heteroatoms. The van der Waals surface area contributed by atoms with E-state index in [0.29, 0.717) is 26.3 Å². The molecule has 0 saturated carbocycles. The van der Waals surface area contributed by atoms with Gasteiger partial charge in [-0.05, 0) is 12.1 Å². The number of nitrogens with zero attached hydrogens (tertiary/aromatic N) is 2. The van der Waals surface area contributed by atoms with E-state index in [1.807, 2.05) is 0 Å². The largest absolute Gasteiger partial charge is 0.418 e. The van der Waals surface area contributed by atoms with Crippen molar-refractivity contribution in [2.45, 2.75) is 6.18 Å². The Hall–Kier alpha value is -2.53. The summed E-state index contributed by atoms with van der Waals surface area (Å²) in [5, 5.41) is 11.2. The lowest BCUT2D eigenvalue weighted by molar-refractivity contribution is -0.137. The van der Waals surface area contributed by atoms with Gasteiger partial charge in [0.15, 0.2) is 0 Å². The molecule has 122 valence electrons. The number of para-hydroxylation sites is 1. The number of carbonyl (C=O) groups is 1. The van der Waals surface area contributed by atoms with Crippen molar-refractivity contribution in [3.05, 3.63) is 41.6 Å². The molecular weight excluding hydrogens is 311 g/mol. The minimum absolute atomic E-state index is 0.260. The van der Waals surface area contributed by atoms with Crippen LogP contribution >= 0.6 is 0 Å². The van der Waals surface area contributed by atoms with Gasteiger partial charge in [-0.2, -0.15) is 18.4 Å². The van der Waals surface area contributed by atoms with Crippen LogP contribution in [0, 0.1) is 11.3 Å². The molecule has 0 unspecified atom stereocenters. The van der Waals surface area contributed by atoms with Gasteiger partial charge >= 0.3 is 6.18 Å². The monoisotopic (exact) mass is 325 g/mol. The SMILES string of the molecule is N#C/C(=C/N1CCOCC1)C(=O)Nc1ccccc1C(F)(F)F. The second kappa shape index (κ2) is 7.15. The van der Waals surface area contributed by atoms with Gasteiger partial charge in [0.25, 0.3) is 5.91 Å². The smallest absolute Gasteiger partial charge is 0.378 e. The number of halogens is 3. The number of anilines is 1. The zero-order valence-corrected chi connectivity index (χ0v) is 12.1. The van der Waals surface area contributed by atoms with E-state index in [1.54, 1.807) is 11.0 Å². The van der Waals surface area contributed by atoms with Crippen LogP contribution in [0.3, 0.4) is 0 Å². The molecule has 0 bridgehead atoms. The molecule has 0 aromatic heterocycles. The Balaban J connectivity index is 2.17. The molecule has 1 aromatic rings. The molecule has 0 radical (unpaired) electrons. The van der Waals surface area contributed by atoms with Crippen LogP contribution in [0.1, 0.15) is 5.56 Å². The third-order valence-corrected chi connectivity index (χ3v) is 3.20. The van der Waals surface area contributed by atoms with Gasteiger partial charge in [-0.25, -0.2) is 0 Å². The highest BCUT2D eigenvalue weighted by Gasteiger charge is 2.33. The number of hydrogen-bond acceptors (Lipinski definition) is 4. The lowest BCUT2D eigenvalue weighted by Crippen LogP contribution is -2.33. The molecule has 5 nitrogen and oxygen atoms in total. The van der Waals surface area contributed by atoms with Crippen LogP contribution in [0.5, 0.6) is 0 Å². The van der Waals surface area contributed by atoms with E-state index in [0.717, 1.165) is 12.1 Å². The van der Waals surface area contributed by atoms with Gasteiger partial charge < -0.3 is 15.0 Å². The predicted octanol–water partition coefficient (Wildman–Crippen LogP) is 2.38. The van der Waals surface area contributed by atoms with E-state index in [9.17, 15) is 18.0 Å². The summed E-state index contributed by atoms with van der Waals surface area (Å²) in [7, 11) is 0. The second-order valence-corrected chi connectivity index (χ2v) is 4.80. The first-order valence-electron chi connectivity index (χ1n) is 6.83. The molecule has 1 aromatic carbocycles. The number of morpholine rings is 1. The molecule has 1 heterocycles. The fourth-order valence-electron chi connectivity index (χ4n) is 2.06. The van der Waals surface area contributed by atoms with E-state index in [1.165, 1.54) is 18.3 Å².